The normalized spacial score (nSPS) is 12.1. The summed E-state index contributed by atoms with van der Waals surface area (Å²) < 4.78 is 34.1. The first kappa shape index (κ1) is 22.0. The molecule has 0 aliphatic heterocycles. The van der Waals surface area contributed by atoms with Gasteiger partial charge in [0, 0.05) is 34.8 Å². The van der Waals surface area contributed by atoms with Gasteiger partial charge in [-0.15, -0.1) is 0 Å². The molecule has 4 rings (SSSR count). The summed E-state index contributed by atoms with van der Waals surface area (Å²) in [5.74, 6) is 1.34. The predicted molar refractivity (Wildman–Crippen MR) is 128 cm³/mol. The van der Waals surface area contributed by atoms with Gasteiger partial charge in [0.2, 0.25) is 0 Å². The van der Waals surface area contributed by atoms with Crippen LogP contribution in [0.1, 0.15) is 30.3 Å². The second-order valence-corrected chi connectivity index (χ2v) is 8.14. The number of fused-ring (bicyclic) bond motifs is 2. The number of aryl methyl sites for hydroxylation is 1. The highest BCUT2D eigenvalue weighted by molar-refractivity contribution is 7.80. The van der Waals surface area contributed by atoms with E-state index in [2.05, 4.69) is 11.6 Å². The van der Waals surface area contributed by atoms with Gasteiger partial charge >= 0.3 is 0 Å². The number of pyridine rings is 2. The lowest BCUT2D eigenvalue weighted by Gasteiger charge is -2.15. The summed E-state index contributed by atoms with van der Waals surface area (Å²) >= 11 is -2.17. The van der Waals surface area contributed by atoms with E-state index in [4.69, 9.17) is 19.4 Å². The molecule has 166 valence electrons. The number of benzene rings is 2. The lowest BCUT2D eigenvalue weighted by atomic mass is 9.99. The van der Waals surface area contributed by atoms with Crippen LogP contribution in [0.4, 0.5) is 5.69 Å². The molecule has 0 fully saturated rings. The Hall–Kier alpha value is -3.23. The number of aromatic nitrogens is 2. The maximum absolute atomic E-state index is 11.3. The highest BCUT2D eigenvalue weighted by atomic mass is 32.2. The van der Waals surface area contributed by atoms with Crippen LogP contribution in [0.15, 0.2) is 48.7 Å². The quantitative estimate of drug-likeness (QED) is 0.371. The second-order valence-electron chi connectivity index (χ2n) is 7.44. The average Bonchev–Trinajstić information content (AvgIpc) is 2.80. The highest BCUT2D eigenvalue weighted by Crippen LogP contribution is 2.35. The van der Waals surface area contributed by atoms with Gasteiger partial charge in [-0.25, -0.2) is 4.21 Å². The Balaban J connectivity index is 1.82. The van der Waals surface area contributed by atoms with Crippen molar-refractivity contribution in [2.75, 3.05) is 18.9 Å². The predicted octanol–water partition coefficient (Wildman–Crippen LogP) is 4.89. The molecule has 0 radical (unpaired) electrons. The Kier molecular flexibility index (Phi) is 6.53. The lowest BCUT2D eigenvalue weighted by molar-refractivity contribution is 0.356. The summed E-state index contributed by atoms with van der Waals surface area (Å²) in [5.41, 5.74) is 4.03. The Bertz CT molecular complexity index is 1310. The van der Waals surface area contributed by atoms with Gasteiger partial charge in [0.25, 0.3) is 11.3 Å². The van der Waals surface area contributed by atoms with E-state index in [0.717, 1.165) is 46.0 Å². The van der Waals surface area contributed by atoms with E-state index < -0.39 is 11.3 Å². The van der Waals surface area contributed by atoms with Crippen LogP contribution in [0, 0.1) is 0 Å². The van der Waals surface area contributed by atoms with Gasteiger partial charge < -0.3 is 9.47 Å². The van der Waals surface area contributed by atoms with Crippen molar-refractivity contribution in [1.82, 2.24) is 9.97 Å². The molecule has 0 aliphatic rings. The molecule has 1 atom stereocenters. The van der Waals surface area contributed by atoms with Crippen molar-refractivity contribution in [3.8, 4) is 11.5 Å². The maximum Gasteiger partial charge on any atom is 0.259 e. The summed E-state index contributed by atoms with van der Waals surface area (Å²) in [6, 6.07) is 13.4. The van der Waals surface area contributed by atoms with Gasteiger partial charge in [-0.2, -0.15) is 0 Å². The number of rotatable bonds is 8. The van der Waals surface area contributed by atoms with Crippen molar-refractivity contribution in [3.63, 3.8) is 0 Å². The molecule has 0 saturated carbocycles. The van der Waals surface area contributed by atoms with E-state index in [-0.39, 0.29) is 0 Å². The van der Waals surface area contributed by atoms with Crippen LogP contribution < -0.4 is 14.2 Å². The van der Waals surface area contributed by atoms with Gasteiger partial charge in [-0.1, -0.05) is 31.5 Å². The summed E-state index contributed by atoms with van der Waals surface area (Å²) in [4.78, 5) is 9.51. The van der Waals surface area contributed by atoms with Crippen molar-refractivity contribution in [3.05, 3.63) is 65.6 Å². The number of hydrogen-bond acceptors (Lipinski definition) is 5. The average molecular weight is 452 g/mol. The number of anilines is 1. The molecule has 7 nitrogen and oxygen atoms in total. The fourth-order valence-electron chi connectivity index (χ4n) is 3.91. The minimum absolute atomic E-state index is 0.512. The zero-order valence-corrected chi connectivity index (χ0v) is 19.0. The SMILES string of the molecule is CCCc1ncc(Cc2ccc3cccc(NS(=O)O)c3n2)c2cc(OC)c(OC)cc12. The van der Waals surface area contributed by atoms with E-state index in [0.29, 0.717) is 29.1 Å². The Morgan fingerprint density at radius 1 is 1.06 bits per heavy atom. The molecule has 2 aromatic carbocycles. The summed E-state index contributed by atoms with van der Waals surface area (Å²) in [5, 5.41) is 2.98. The molecule has 2 N–H and O–H groups in total. The van der Waals surface area contributed by atoms with Crippen LogP contribution in [-0.2, 0) is 24.1 Å². The standard InChI is InChI=1S/C24H25N3O4S/c1-4-6-20-19-13-23(31-3)22(30-2)12-18(19)16(14-25-20)11-17-10-9-15-7-5-8-21(24(15)26-17)27-32(28)29/h5,7-10,12-14,27H,4,6,11H2,1-3H3,(H,28,29). The van der Waals surface area contributed by atoms with Crippen molar-refractivity contribution in [2.24, 2.45) is 0 Å². The number of ether oxygens (including phenoxy) is 2. The van der Waals surface area contributed by atoms with E-state index in [1.165, 1.54) is 0 Å². The minimum Gasteiger partial charge on any atom is -0.493 e. The van der Waals surface area contributed by atoms with Crippen LogP contribution in [0.25, 0.3) is 21.7 Å². The fraction of sp³-hybridized carbons (Fsp3) is 0.250. The third-order valence-electron chi connectivity index (χ3n) is 5.39. The molecule has 2 aromatic heterocycles. The van der Waals surface area contributed by atoms with Crippen molar-refractivity contribution in [1.29, 1.82) is 0 Å². The van der Waals surface area contributed by atoms with Gasteiger partial charge in [0.1, 0.15) is 0 Å². The summed E-state index contributed by atoms with van der Waals surface area (Å²) in [7, 11) is 3.26. The number of nitrogens with one attached hydrogen (secondary N) is 1. The first-order chi connectivity index (χ1) is 15.5. The molecule has 1 unspecified atom stereocenters. The maximum atomic E-state index is 11.3. The molecular formula is C24H25N3O4S. The van der Waals surface area contributed by atoms with E-state index in [1.807, 2.05) is 42.6 Å². The van der Waals surface area contributed by atoms with Gasteiger partial charge in [-0.05, 0) is 41.6 Å². The first-order valence-electron chi connectivity index (χ1n) is 10.3. The second kappa shape index (κ2) is 9.50. The zero-order valence-electron chi connectivity index (χ0n) is 18.2. The van der Waals surface area contributed by atoms with E-state index in [1.54, 1.807) is 20.3 Å². The van der Waals surface area contributed by atoms with Crippen LogP contribution in [0.2, 0.25) is 0 Å². The molecule has 0 bridgehead atoms. The molecule has 32 heavy (non-hydrogen) atoms. The van der Waals surface area contributed by atoms with Crippen LogP contribution in [0.3, 0.4) is 0 Å². The molecule has 4 aromatic rings. The van der Waals surface area contributed by atoms with Crippen LogP contribution in [-0.4, -0.2) is 32.9 Å². The van der Waals surface area contributed by atoms with Crippen molar-refractivity contribution >= 4 is 38.6 Å². The van der Waals surface area contributed by atoms with Crippen molar-refractivity contribution < 1.29 is 18.2 Å². The van der Waals surface area contributed by atoms with Gasteiger partial charge in [0.15, 0.2) is 11.5 Å². The number of para-hydroxylation sites is 1. The molecule has 0 aliphatic carbocycles. The monoisotopic (exact) mass is 451 g/mol. The lowest BCUT2D eigenvalue weighted by Crippen LogP contribution is -2.04. The minimum atomic E-state index is -2.17. The van der Waals surface area contributed by atoms with Gasteiger partial charge in [-0.3, -0.25) is 19.2 Å². The Morgan fingerprint density at radius 2 is 1.81 bits per heavy atom. The molecule has 0 amide bonds. The highest BCUT2D eigenvalue weighted by Gasteiger charge is 2.14. The van der Waals surface area contributed by atoms with Crippen LogP contribution in [0.5, 0.6) is 11.5 Å². The first-order valence-corrected chi connectivity index (χ1v) is 11.4. The topological polar surface area (TPSA) is 93.6 Å². The van der Waals surface area contributed by atoms with Crippen LogP contribution >= 0.6 is 0 Å². The number of hydrogen-bond donors (Lipinski definition) is 2. The summed E-state index contributed by atoms with van der Waals surface area (Å²) in [6.07, 6.45) is 4.31. The van der Waals surface area contributed by atoms with E-state index >= 15 is 0 Å². The molecule has 0 saturated heterocycles. The molecule has 0 spiro atoms. The molecule has 2 heterocycles. The van der Waals surface area contributed by atoms with E-state index in [9.17, 15) is 8.76 Å². The largest absolute Gasteiger partial charge is 0.493 e. The molecule has 8 heteroatoms. The third-order valence-corrected chi connectivity index (χ3v) is 5.78. The van der Waals surface area contributed by atoms with Crippen molar-refractivity contribution in [2.45, 2.75) is 26.2 Å². The smallest absolute Gasteiger partial charge is 0.259 e. The number of methoxy groups -OCH3 is 2. The number of nitrogens with zero attached hydrogens (tertiary/aromatic N) is 2. The summed E-state index contributed by atoms with van der Waals surface area (Å²) in [6.45, 7) is 2.13. The Labute approximate surface area is 189 Å². The van der Waals surface area contributed by atoms with Gasteiger partial charge in [0.05, 0.1) is 25.4 Å². The zero-order chi connectivity index (χ0) is 22.7. The molecular weight excluding hydrogens is 426 g/mol. The fourth-order valence-corrected chi connectivity index (χ4v) is 4.27. The Morgan fingerprint density at radius 3 is 2.50 bits per heavy atom. The third kappa shape index (κ3) is 4.37.